The fraction of sp³-hybridized carbons (Fsp3) is 1.00. The molecule has 0 aromatic heterocycles. The third kappa shape index (κ3) is 22.4. The molecule has 0 aliphatic heterocycles. The first-order valence-electron chi connectivity index (χ1n) is 12.7. The molecule has 0 saturated heterocycles. The third-order valence-electron chi connectivity index (χ3n) is 5.26. The largest absolute Gasteiger partial charge is 0.484 e. The summed E-state index contributed by atoms with van der Waals surface area (Å²) in [5.41, 5.74) is 0. The summed E-state index contributed by atoms with van der Waals surface area (Å²) >= 11 is 0. The summed E-state index contributed by atoms with van der Waals surface area (Å²) in [6, 6.07) is 0. The molecule has 0 heterocycles. The molecule has 0 N–H and O–H groups in total. The van der Waals surface area contributed by atoms with Crippen LogP contribution in [-0.4, -0.2) is 29.3 Å². The molecule has 0 saturated carbocycles. The minimum Gasteiger partial charge on any atom is -0.376 e. The van der Waals surface area contributed by atoms with E-state index in [2.05, 4.69) is 20.8 Å². The quantitative estimate of drug-likeness (QED) is 0.118. The molecule has 170 valence electrons. The van der Waals surface area contributed by atoms with E-state index >= 15 is 0 Å². The molecule has 0 fully saturated rings. The molecule has 0 bridgehead atoms. The first kappa shape index (κ1) is 28.1. The van der Waals surface area contributed by atoms with Crippen LogP contribution >= 0.6 is 0 Å². The van der Waals surface area contributed by atoms with Crippen molar-refractivity contribution < 1.29 is 13.3 Å². The summed E-state index contributed by atoms with van der Waals surface area (Å²) in [6.07, 6.45) is 23.4. The second-order valence-corrected chi connectivity index (χ2v) is 9.78. The van der Waals surface area contributed by atoms with E-state index < -0.39 is 9.53 Å². The molecule has 0 radical (unpaired) electrons. The van der Waals surface area contributed by atoms with E-state index in [1.807, 2.05) is 0 Å². The Morgan fingerprint density at radius 2 is 0.607 bits per heavy atom. The standard InChI is InChI=1S/C24H52O3Si/c1-4-7-10-13-16-19-22-25-28(26-23-20-17-14-11-8-5-2)27-24-21-18-15-12-9-6-3/h28H,4-24H2,1-3H3. The molecule has 4 heteroatoms. The molecule has 3 nitrogen and oxygen atoms in total. The Balaban J connectivity index is 3.80. The normalized spacial score (nSPS) is 11.6. The molecule has 0 aliphatic carbocycles. The maximum Gasteiger partial charge on any atom is 0.484 e. The Morgan fingerprint density at radius 3 is 0.893 bits per heavy atom. The summed E-state index contributed by atoms with van der Waals surface area (Å²) < 4.78 is 18.1. The highest BCUT2D eigenvalue weighted by molar-refractivity contribution is 6.36. The Labute approximate surface area is 179 Å². The monoisotopic (exact) mass is 416 g/mol. The Hall–Kier alpha value is 0.0969. The minimum atomic E-state index is -1.93. The predicted octanol–water partition coefficient (Wildman–Crippen LogP) is 7.83. The predicted molar refractivity (Wildman–Crippen MR) is 125 cm³/mol. The zero-order chi connectivity index (χ0) is 20.5. The van der Waals surface area contributed by atoms with Gasteiger partial charge in [0.05, 0.1) is 0 Å². The highest BCUT2D eigenvalue weighted by atomic mass is 28.3. The van der Waals surface area contributed by atoms with E-state index in [1.165, 1.54) is 96.3 Å². The van der Waals surface area contributed by atoms with Crippen LogP contribution in [0.4, 0.5) is 0 Å². The van der Waals surface area contributed by atoms with Gasteiger partial charge >= 0.3 is 9.53 Å². The molecule has 0 amide bonds. The average Bonchev–Trinajstić information content (AvgIpc) is 2.71. The topological polar surface area (TPSA) is 27.7 Å². The van der Waals surface area contributed by atoms with E-state index in [1.54, 1.807) is 0 Å². The van der Waals surface area contributed by atoms with Crippen LogP contribution in [0.2, 0.25) is 0 Å². The molecular weight excluding hydrogens is 364 g/mol. The molecule has 28 heavy (non-hydrogen) atoms. The lowest BCUT2D eigenvalue weighted by molar-refractivity contribution is 0.0885. The van der Waals surface area contributed by atoms with Crippen molar-refractivity contribution in [3.05, 3.63) is 0 Å². The maximum atomic E-state index is 6.03. The van der Waals surface area contributed by atoms with E-state index in [9.17, 15) is 0 Å². The van der Waals surface area contributed by atoms with E-state index in [0.29, 0.717) is 0 Å². The molecule has 0 spiro atoms. The summed E-state index contributed by atoms with van der Waals surface area (Å²) in [7, 11) is -1.93. The van der Waals surface area contributed by atoms with Crippen LogP contribution in [0.25, 0.3) is 0 Å². The van der Waals surface area contributed by atoms with Gasteiger partial charge in [-0.05, 0) is 19.3 Å². The SMILES string of the molecule is CCCCCCCCO[SiH](OCCCCCCCC)OCCCCCCCC. The zero-order valence-electron chi connectivity index (χ0n) is 19.7. The molecule has 0 aromatic carbocycles. The van der Waals surface area contributed by atoms with Crippen molar-refractivity contribution in [2.45, 2.75) is 136 Å². The van der Waals surface area contributed by atoms with Gasteiger partial charge in [0.2, 0.25) is 0 Å². The molecule has 0 atom stereocenters. The molecule has 0 unspecified atom stereocenters. The lowest BCUT2D eigenvalue weighted by Crippen LogP contribution is -2.28. The van der Waals surface area contributed by atoms with Crippen LogP contribution in [0.3, 0.4) is 0 Å². The van der Waals surface area contributed by atoms with Crippen molar-refractivity contribution >= 4 is 9.53 Å². The van der Waals surface area contributed by atoms with Gasteiger partial charge in [0.25, 0.3) is 0 Å². The van der Waals surface area contributed by atoms with Crippen molar-refractivity contribution in [1.29, 1.82) is 0 Å². The van der Waals surface area contributed by atoms with Gasteiger partial charge < -0.3 is 13.3 Å². The van der Waals surface area contributed by atoms with Crippen LogP contribution < -0.4 is 0 Å². The number of unbranched alkanes of at least 4 members (excludes halogenated alkanes) is 15. The van der Waals surface area contributed by atoms with Crippen molar-refractivity contribution in [3.63, 3.8) is 0 Å². The van der Waals surface area contributed by atoms with Crippen LogP contribution in [-0.2, 0) is 13.3 Å². The lowest BCUT2D eigenvalue weighted by atomic mass is 10.1. The molecule has 0 aromatic rings. The van der Waals surface area contributed by atoms with Gasteiger partial charge in [0, 0.05) is 19.8 Å². The van der Waals surface area contributed by atoms with Gasteiger partial charge in [0.15, 0.2) is 0 Å². The Morgan fingerprint density at radius 1 is 0.357 bits per heavy atom. The van der Waals surface area contributed by atoms with Crippen molar-refractivity contribution in [2.75, 3.05) is 19.8 Å². The van der Waals surface area contributed by atoms with Crippen molar-refractivity contribution in [1.82, 2.24) is 0 Å². The summed E-state index contributed by atoms with van der Waals surface area (Å²) in [4.78, 5) is 0. The molecular formula is C24H52O3Si. The van der Waals surface area contributed by atoms with Gasteiger partial charge in [-0.15, -0.1) is 0 Å². The maximum absolute atomic E-state index is 6.03. The van der Waals surface area contributed by atoms with Crippen molar-refractivity contribution in [2.24, 2.45) is 0 Å². The summed E-state index contributed by atoms with van der Waals surface area (Å²) in [6.45, 7) is 9.24. The van der Waals surface area contributed by atoms with Crippen LogP contribution in [0.1, 0.15) is 136 Å². The first-order chi connectivity index (χ1) is 13.8. The first-order valence-corrected chi connectivity index (χ1v) is 14.1. The highest BCUT2D eigenvalue weighted by Gasteiger charge is 2.15. The Kier molecular flexibility index (Phi) is 25.2. The van der Waals surface area contributed by atoms with Gasteiger partial charge in [-0.25, -0.2) is 0 Å². The number of rotatable bonds is 24. The van der Waals surface area contributed by atoms with Crippen molar-refractivity contribution in [3.8, 4) is 0 Å². The lowest BCUT2D eigenvalue weighted by Gasteiger charge is -2.17. The number of hydrogen-bond donors (Lipinski definition) is 0. The van der Waals surface area contributed by atoms with Gasteiger partial charge in [-0.3, -0.25) is 0 Å². The fourth-order valence-electron chi connectivity index (χ4n) is 3.33. The highest BCUT2D eigenvalue weighted by Crippen LogP contribution is 2.09. The minimum absolute atomic E-state index is 0.815. The Bertz CT molecular complexity index is 234. The second kappa shape index (κ2) is 25.1. The average molecular weight is 417 g/mol. The van der Waals surface area contributed by atoms with Gasteiger partial charge in [-0.1, -0.05) is 117 Å². The third-order valence-corrected chi connectivity index (χ3v) is 6.78. The second-order valence-electron chi connectivity index (χ2n) is 8.20. The number of hydrogen-bond acceptors (Lipinski definition) is 3. The van der Waals surface area contributed by atoms with E-state index in [-0.39, 0.29) is 0 Å². The zero-order valence-corrected chi connectivity index (χ0v) is 20.8. The van der Waals surface area contributed by atoms with Crippen LogP contribution in [0, 0.1) is 0 Å². The van der Waals surface area contributed by atoms with E-state index in [4.69, 9.17) is 13.3 Å². The van der Waals surface area contributed by atoms with Crippen LogP contribution in [0.15, 0.2) is 0 Å². The van der Waals surface area contributed by atoms with Gasteiger partial charge in [-0.2, -0.15) is 0 Å². The van der Waals surface area contributed by atoms with E-state index in [0.717, 1.165) is 39.1 Å². The fourth-order valence-corrected chi connectivity index (χ4v) is 4.70. The van der Waals surface area contributed by atoms with Crippen LogP contribution in [0.5, 0.6) is 0 Å². The molecule has 0 rings (SSSR count). The molecule has 0 aliphatic rings. The summed E-state index contributed by atoms with van der Waals surface area (Å²) in [5.74, 6) is 0. The summed E-state index contributed by atoms with van der Waals surface area (Å²) in [5, 5.41) is 0. The van der Waals surface area contributed by atoms with Gasteiger partial charge in [0.1, 0.15) is 0 Å². The smallest absolute Gasteiger partial charge is 0.376 e.